The van der Waals surface area contributed by atoms with Gasteiger partial charge in [-0.2, -0.15) is 0 Å². The number of hydrogen-bond acceptors (Lipinski definition) is 4. The molecular weight excluding hydrogens is 304 g/mol. The first-order chi connectivity index (χ1) is 11.6. The maximum absolute atomic E-state index is 11.0. The van der Waals surface area contributed by atoms with Crippen LogP contribution in [0.4, 0.5) is 5.69 Å². The monoisotopic (exact) mass is 322 g/mol. The van der Waals surface area contributed by atoms with E-state index in [1.165, 1.54) is 6.07 Å². The Kier molecular flexibility index (Phi) is 4.72. The van der Waals surface area contributed by atoms with E-state index in [0.29, 0.717) is 12.1 Å². The minimum absolute atomic E-state index is 0.122. The molecule has 3 aromatic rings. The van der Waals surface area contributed by atoms with E-state index in [-0.39, 0.29) is 10.6 Å². The van der Waals surface area contributed by atoms with E-state index in [1.54, 1.807) is 30.5 Å². The molecule has 0 amide bonds. The highest BCUT2D eigenvalue weighted by atomic mass is 16.6. The van der Waals surface area contributed by atoms with Crippen LogP contribution in [0.3, 0.4) is 0 Å². The van der Waals surface area contributed by atoms with Crippen LogP contribution in [0.5, 0.6) is 0 Å². The van der Waals surface area contributed by atoms with Crippen LogP contribution in [0.25, 0.3) is 17.0 Å². The minimum Gasteiger partial charge on any atom is -0.464 e. The molecule has 0 saturated heterocycles. The fourth-order valence-corrected chi connectivity index (χ4v) is 2.66. The zero-order valence-corrected chi connectivity index (χ0v) is 13.4. The number of nitro groups is 1. The zero-order chi connectivity index (χ0) is 16.9. The summed E-state index contributed by atoms with van der Waals surface area (Å²) in [5.41, 5.74) is 2.76. The van der Waals surface area contributed by atoms with E-state index in [9.17, 15) is 10.1 Å². The second kappa shape index (κ2) is 7.10. The van der Waals surface area contributed by atoms with Crippen molar-refractivity contribution >= 4 is 22.7 Å². The molecule has 5 heteroatoms. The van der Waals surface area contributed by atoms with Crippen molar-refractivity contribution in [2.75, 3.05) is 13.6 Å². The molecule has 0 spiro atoms. The van der Waals surface area contributed by atoms with E-state index in [4.69, 9.17) is 4.42 Å². The maximum Gasteiger partial charge on any atom is 0.276 e. The van der Waals surface area contributed by atoms with Crippen molar-refractivity contribution in [2.45, 2.75) is 6.54 Å². The molecule has 0 saturated carbocycles. The molecule has 0 atom stereocenters. The number of likely N-dealkylation sites (N-methyl/N-ethyl adjacent to an activating group) is 1. The molecule has 1 heterocycles. The van der Waals surface area contributed by atoms with Gasteiger partial charge in [-0.05, 0) is 19.2 Å². The highest BCUT2D eigenvalue weighted by Gasteiger charge is 2.10. The van der Waals surface area contributed by atoms with E-state index >= 15 is 0 Å². The number of furan rings is 1. The molecule has 5 nitrogen and oxygen atoms in total. The topological polar surface area (TPSA) is 59.5 Å². The summed E-state index contributed by atoms with van der Waals surface area (Å²) in [4.78, 5) is 12.8. The predicted octanol–water partition coefficient (Wildman–Crippen LogP) is 4.49. The first-order valence-electron chi connectivity index (χ1n) is 7.69. The van der Waals surface area contributed by atoms with E-state index < -0.39 is 0 Å². The van der Waals surface area contributed by atoms with Gasteiger partial charge in [0.1, 0.15) is 5.58 Å². The van der Waals surface area contributed by atoms with Crippen LogP contribution in [-0.4, -0.2) is 23.4 Å². The fourth-order valence-electron chi connectivity index (χ4n) is 2.66. The van der Waals surface area contributed by atoms with Crippen LogP contribution < -0.4 is 0 Å². The SMILES string of the molecule is CN(CC=Cc1ccccc1[N+](=O)[O-])Cc1coc2ccccc12. The van der Waals surface area contributed by atoms with Crippen molar-refractivity contribution < 1.29 is 9.34 Å². The van der Waals surface area contributed by atoms with Gasteiger partial charge in [-0.15, -0.1) is 0 Å². The molecule has 0 bridgehead atoms. The minimum atomic E-state index is -0.360. The molecule has 0 unspecified atom stereocenters. The number of hydrogen-bond donors (Lipinski definition) is 0. The van der Waals surface area contributed by atoms with Crippen LogP contribution in [0.1, 0.15) is 11.1 Å². The highest BCUT2D eigenvalue weighted by molar-refractivity contribution is 5.80. The molecule has 24 heavy (non-hydrogen) atoms. The van der Waals surface area contributed by atoms with Gasteiger partial charge in [-0.3, -0.25) is 15.0 Å². The number of nitrogens with zero attached hydrogens (tertiary/aromatic N) is 2. The van der Waals surface area contributed by atoms with E-state index in [1.807, 2.05) is 37.4 Å². The Morgan fingerprint density at radius 3 is 2.75 bits per heavy atom. The standard InChI is InChI=1S/C19H18N2O3/c1-20(13-16-14-24-19-11-5-3-9-17(16)19)12-6-8-15-7-2-4-10-18(15)21(22)23/h2-11,14H,12-13H2,1H3. The molecule has 0 radical (unpaired) electrons. The average Bonchev–Trinajstić information content (AvgIpc) is 2.98. The molecule has 0 aliphatic rings. The molecule has 122 valence electrons. The Hall–Kier alpha value is -2.92. The zero-order valence-electron chi connectivity index (χ0n) is 13.4. The third kappa shape index (κ3) is 3.52. The maximum atomic E-state index is 11.0. The number of rotatable bonds is 6. The number of para-hydroxylation sites is 2. The number of benzene rings is 2. The summed E-state index contributed by atoms with van der Waals surface area (Å²) in [6, 6.07) is 14.7. The quantitative estimate of drug-likeness (QED) is 0.496. The number of nitro benzene ring substituents is 1. The van der Waals surface area contributed by atoms with Gasteiger partial charge in [0.15, 0.2) is 0 Å². The molecule has 0 N–H and O–H groups in total. The average molecular weight is 322 g/mol. The van der Waals surface area contributed by atoms with Crippen molar-refractivity contribution in [1.29, 1.82) is 0 Å². The van der Waals surface area contributed by atoms with Crippen molar-refractivity contribution in [2.24, 2.45) is 0 Å². The summed E-state index contributed by atoms with van der Waals surface area (Å²) in [6.07, 6.45) is 5.51. The molecule has 0 aliphatic carbocycles. The number of fused-ring (bicyclic) bond motifs is 1. The van der Waals surface area contributed by atoms with Gasteiger partial charge in [-0.1, -0.05) is 42.5 Å². The Morgan fingerprint density at radius 1 is 1.17 bits per heavy atom. The largest absolute Gasteiger partial charge is 0.464 e. The Labute approximate surface area is 140 Å². The van der Waals surface area contributed by atoms with Gasteiger partial charge in [0.2, 0.25) is 0 Å². The highest BCUT2D eigenvalue weighted by Crippen LogP contribution is 2.22. The molecule has 0 fully saturated rings. The Morgan fingerprint density at radius 2 is 1.92 bits per heavy atom. The first kappa shape index (κ1) is 16.0. The Balaban J connectivity index is 1.66. The van der Waals surface area contributed by atoms with Crippen molar-refractivity contribution in [3.8, 4) is 0 Å². The smallest absolute Gasteiger partial charge is 0.276 e. The summed E-state index contributed by atoms with van der Waals surface area (Å²) in [5, 5.41) is 12.1. The lowest BCUT2D eigenvalue weighted by Crippen LogP contribution is -2.17. The van der Waals surface area contributed by atoms with Crippen LogP contribution in [0.2, 0.25) is 0 Å². The van der Waals surface area contributed by atoms with Gasteiger partial charge in [0, 0.05) is 30.1 Å². The Bertz CT molecular complexity index is 883. The normalized spacial score (nSPS) is 11.6. The molecule has 2 aromatic carbocycles. The molecule has 3 rings (SSSR count). The first-order valence-corrected chi connectivity index (χ1v) is 7.69. The van der Waals surface area contributed by atoms with Crippen LogP contribution in [0, 0.1) is 10.1 Å². The summed E-state index contributed by atoms with van der Waals surface area (Å²) in [5.74, 6) is 0. The van der Waals surface area contributed by atoms with Crippen LogP contribution >= 0.6 is 0 Å². The van der Waals surface area contributed by atoms with Crippen molar-refractivity contribution in [3.63, 3.8) is 0 Å². The molecular formula is C19H18N2O3. The summed E-state index contributed by atoms with van der Waals surface area (Å²) < 4.78 is 5.55. The lowest BCUT2D eigenvalue weighted by atomic mass is 10.1. The van der Waals surface area contributed by atoms with Gasteiger partial charge in [-0.25, -0.2) is 0 Å². The van der Waals surface area contributed by atoms with Crippen molar-refractivity contribution in [1.82, 2.24) is 4.90 Å². The van der Waals surface area contributed by atoms with Gasteiger partial charge >= 0.3 is 0 Å². The van der Waals surface area contributed by atoms with Crippen LogP contribution in [0.15, 0.2) is 65.3 Å². The van der Waals surface area contributed by atoms with Crippen molar-refractivity contribution in [3.05, 3.63) is 82.1 Å². The van der Waals surface area contributed by atoms with E-state index in [2.05, 4.69) is 4.90 Å². The summed E-state index contributed by atoms with van der Waals surface area (Å²) in [7, 11) is 2.01. The lowest BCUT2D eigenvalue weighted by Gasteiger charge is -2.13. The summed E-state index contributed by atoms with van der Waals surface area (Å²) in [6.45, 7) is 1.43. The van der Waals surface area contributed by atoms with Gasteiger partial charge in [0.25, 0.3) is 5.69 Å². The van der Waals surface area contributed by atoms with E-state index in [0.717, 1.165) is 23.1 Å². The lowest BCUT2D eigenvalue weighted by molar-refractivity contribution is -0.385. The van der Waals surface area contributed by atoms with Crippen LogP contribution in [-0.2, 0) is 6.54 Å². The third-order valence-corrected chi connectivity index (χ3v) is 3.85. The molecule has 1 aromatic heterocycles. The third-order valence-electron chi connectivity index (χ3n) is 3.85. The predicted molar refractivity (Wildman–Crippen MR) is 94.7 cm³/mol. The summed E-state index contributed by atoms with van der Waals surface area (Å²) >= 11 is 0. The van der Waals surface area contributed by atoms with Gasteiger partial charge in [0.05, 0.1) is 16.7 Å². The second-order valence-electron chi connectivity index (χ2n) is 5.67. The molecule has 0 aliphatic heterocycles. The van der Waals surface area contributed by atoms with Gasteiger partial charge < -0.3 is 4.42 Å². The second-order valence-corrected chi connectivity index (χ2v) is 5.67. The fraction of sp³-hybridized carbons (Fsp3) is 0.158.